The highest BCUT2D eigenvalue weighted by Crippen LogP contribution is 2.20. The number of hydrogen-bond donors (Lipinski definition) is 0. The first-order valence-electron chi connectivity index (χ1n) is 4.14. The zero-order valence-corrected chi connectivity index (χ0v) is 7.44. The van der Waals surface area contributed by atoms with Gasteiger partial charge < -0.3 is 9.15 Å². The van der Waals surface area contributed by atoms with Gasteiger partial charge in [-0.15, -0.1) is 0 Å². The topological polar surface area (TPSA) is 39.4 Å². The van der Waals surface area contributed by atoms with Crippen molar-refractivity contribution in [3.8, 4) is 5.75 Å². The van der Waals surface area contributed by atoms with E-state index in [4.69, 9.17) is 4.42 Å². The summed E-state index contributed by atoms with van der Waals surface area (Å²) in [5.74, 6) is 0.0337. The van der Waals surface area contributed by atoms with Gasteiger partial charge in [0.1, 0.15) is 11.3 Å². The van der Waals surface area contributed by atoms with Crippen LogP contribution in [-0.2, 0) is 0 Å². The minimum Gasteiger partial charge on any atom is -0.435 e. The molecule has 0 saturated carbocycles. The van der Waals surface area contributed by atoms with Crippen molar-refractivity contribution in [2.75, 3.05) is 0 Å². The van der Waals surface area contributed by atoms with Crippen LogP contribution >= 0.6 is 0 Å². The smallest absolute Gasteiger partial charge is 0.387 e. The third-order valence-electron chi connectivity index (χ3n) is 1.82. The van der Waals surface area contributed by atoms with Crippen molar-refractivity contribution >= 4 is 11.0 Å². The van der Waals surface area contributed by atoms with Gasteiger partial charge in [0.05, 0.1) is 0 Å². The molecule has 2 rings (SSSR count). The van der Waals surface area contributed by atoms with Gasteiger partial charge >= 0.3 is 12.2 Å². The van der Waals surface area contributed by atoms with E-state index in [2.05, 4.69) is 4.74 Å². The number of alkyl halides is 2. The van der Waals surface area contributed by atoms with E-state index in [1.165, 1.54) is 30.3 Å². The quantitative estimate of drug-likeness (QED) is 0.717. The van der Waals surface area contributed by atoms with E-state index < -0.39 is 12.2 Å². The second-order valence-electron chi connectivity index (χ2n) is 2.83. The fraction of sp³-hybridized carbons (Fsp3) is 0.100. The first-order valence-corrected chi connectivity index (χ1v) is 4.14. The second-order valence-corrected chi connectivity index (χ2v) is 2.83. The van der Waals surface area contributed by atoms with Gasteiger partial charge in [-0.05, 0) is 24.3 Å². The van der Waals surface area contributed by atoms with Crippen LogP contribution in [-0.4, -0.2) is 6.61 Å². The van der Waals surface area contributed by atoms with Crippen LogP contribution in [0.25, 0.3) is 11.0 Å². The van der Waals surface area contributed by atoms with Crippen LogP contribution in [0.5, 0.6) is 5.75 Å². The third kappa shape index (κ3) is 2.12. The molecule has 0 amide bonds. The summed E-state index contributed by atoms with van der Waals surface area (Å²) >= 11 is 0. The molecule has 1 aromatic heterocycles. The van der Waals surface area contributed by atoms with Crippen molar-refractivity contribution in [1.82, 2.24) is 0 Å². The van der Waals surface area contributed by atoms with Gasteiger partial charge in [0.25, 0.3) is 0 Å². The van der Waals surface area contributed by atoms with E-state index in [0.29, 0.717) is 11.0 Å². The fourth-order valence-electron chi connectivity index (χ4n) is 1.23. The summed E-state index contributed by atoms with van der Waals surface area (Å²) in [6.45, 7) is -2.86. The Kier molecular flexibility index (Phi) is 2.37. The zero-order valence-electron chi connectivity index (χ0n) is 7.44. The van der Waals surface area contributed by atoms with Crippen molar-refractivity contribution in [2.45, 2.75) is 6.61 Å². The normalized spacial score (nSPS) is 10.9. The molecule has 0 aliphatic carbocycles. The molecule has 2 aromatic rings. The lowest BCUT2D eigenvalue weighted by Gasteiger charge is -2.04. The number of hydrogen-bond acceptors (Lipinski definition) is 3. The van der Waals surface area contributed by atoms with Crippen LogP contribution in [0.15, 0.2) is 39.5 Å². The summed E-state index contributed by atoms with van der Waals surface area (Å²) in [4.78, 5) is 10.8. The number of halogens is 2. The SMILES string of the molecule is O=c1ccc2cc(OC(F)F)ccc2o1. The summed E-state index contributed by atoms with van der Waals surface area (Å²) in [6, 6.07) is 6.81. The maximum Gasteiger partial charge on any atom is 0.387 e. The average Bonchev–Trinajstić information content (AvgIpc) is 2.17. The Balaban J connectivity index is 2.47. The first-order chi connectivity index (χ1) is 7.15. The number of ether oxygens (including phenoxy) is 1. The fourth-order valence-corrected chi connectivity index (χ4v) is 1.23. The van der Waals surface area contributed by atoms with E-state index in [-0.39, 0.29) is 5.75 Å². The molecular weight excluding hydrogens is 206 g/mol. The Bertz CT molecular complexity index is 533. The molecule has 1 aromatic carbocycles. The highest BCUT2D eigenvalue weighted by molar-refractivity contribution is 5.77. The predicted molar refractivity (Wildman–Crippen MR) is 49.1 cm³/mol. The second kappa shape index (κ2) is 3.68. The van der Waals surface area contributed by atoms with Crippen LogP contribution in [0.2, 0.25) is 0 Å². The maximum absolute atomic E-state index is 11.9. The highest BCUT2D eigenvalue weighted by atomic mass is 19.3. The number of rotatable bonds is 2. The summed E-state index contributed by atoms with van der Waals surface area (Å²) in [6.07, 6.45) is 0. The molecule has 78 valence electrons. The Morgan fingerprint density at radius 3 is 2.73 bits per heavy atom. The summed E-state index contributed by atoms with van der Waals surface area (Å²) in [7, 11) is 0. The molecule has 0 spiro atoms. The number of benzene rings is 1. The molecule has 0 aliphatic rings. The molecule has 0 saturated heterocycles. The van der Waals surface area contributed by atoms with Crippen LogP contribution in [0, 0.1) is 0 Å². The van der Waals surface area contributed by atoms with Gasteiger partial charge in [0.2, 0.25) is 0 Å². The summed E-state index contributed by atoms with van der Waals surface area (Å²) < 4.78 is 32.8. The van der Waals surface area contributed by atoms with Gasteiger partial charge in [-0.3, -0.25) is 0 Å². The van der Waals surface area contributed by atoms with Crippen LogP contribution in [0.4, 0.5) is 8.78 Å². The average molecular weight is 212 g/mol. The van der Waals surface area contributed by atoms with E-state index in [0.717, 1.165) is 0 Å². The lowest BCUT2D eigenvalue weighted by Crippen LogP contribution is -2.01. The number of fused-ring (bicyclic) bond motifs is 1. The van der Waals surface area contributed by atoms with Gasteiger partial charge in [-0.25, -0.2) is 4.79 Å². The van der Waals surface area contributed by atoms with Crippen LogP contribution in [0.1, 0.15) is 0 Å². The standard InChI is InChI=1S/C10H6F2O3/c11-10(12)14-7-2-3-8-6(5-7)1-4-9(13)15-8/h1-5,10H. The molecule has 0 N–H and O–H groups in total. The molecule has 0 unspecified atom stereocenters. The lowest BCUT2D eigenvalue weighted by molar-refractivity contribution is -0.0497. The molecule has 1 heterocycles. The summed E-state index contributed by atoms with van der Waals surface area (Å²) in [5, 5.41) is 0.535. The first kappa shape index (κ1) is 9.64. The molecule has 5 heteroatoms. The summed E-state index contributed by atoms with van der Waals surface area (Å²) in [5.41, 5.74) is -0.144. The monoisotopic (exact) mass is 212 g/mol. The van der Waals surface area contributed by atoms with Crippen LogP contribution < -0.4 is 10.4 Å². The Hall–Kier alpha value is -1.91. The van der Waals surface area contributed by atoms with Crippen molar-refractivity contribution in [3.05, 3.63) is 40.8 Å². The minimum absolute atomic E-state index is 0.0337. The molecule has 3 nitrogen and oxygen atoms in total. The van der Waals surface area contributed by atoms with Crippen molar-refractivity contribution in [1.29, 1.82) is 0 Å². The lowest BCUT2D eigenvalue weighted by atomic mass is 10.2. The predicted octanol–water partition coefficient (Wildman–Crippen LogP) is 2.39. The van der Waals surface area contributed by atoms with E-state index in [1.54, 1.807) is 0 Å². The van der Waals surface area contributed by atoms with Gasteiger partial charge in [0, 0.05) is 11.5 Å². The van der Waals surface area contributed by atoms with Crippen molar-refractivity contribution in [2.24, 2.45) is 0 Å². The van der Waals surface area contributed by atoms with E-state index in [1.807, 2.05) is 0 Å². The van der Waals surface area contributed by atoms with E-state index in [9.17, 15) is 13.6 Å². The van der Waals surface area contributed by atoms with Gasteiger partial charge in [-0.1, -0.05) is 0 Å². The molecular formula is C10H6F2O3. The molecule has 0 atom stereocenters. The Labute approximate surface area is 82.9 Å². The Morgan fingerprint density at radius 2 is 2.00 bits per heavy atom. The van der Waals surface area contributed by atoms with Crippen molar-refractivity contribution in [3.63, 3.8) is 0 Å². The zero-order chi connectivity index (χ0) is 10.8. The molecule has 0 radical (unpaired) electrons. The van der Waals surface area contributed by atoms with Crippen molar-refractivity contribution < 1.29 is 17.9 Å². The molecule has 0 aliphatic heterocycles. The van der Waals surface area contributed by atoms with Crippen LogP contribution in [0.3, 0.4) is 0 Å². The van der Waals surface area contributed by atoms with E-state index >= 15 is 0 Å². The Morgan fingerprint density at radius 1 is 1.20 bits per heavy atom. The van der Waals surface area contributed by atoms with Gasteiger partial charge in [-0.2, -0.15) is 8.78 Å². The largest absolute Gasteiger partial charge is 0.435 e. The maximum atomic E-state index is 11.9. The minimum atomic E-state index is -2.86. The van der Waals surface area contributed by atoms with Gasteiger partial charge in [0.15, 0.2) is 0 Å². The molecule has 0 bridgehead atoms. The molecule has 15 heavy (non-hydrogen) atoms. The molecule has 0 fully saturated rings. The third-order valence-corrected chi connectivity index (χ3v) is 1.82. The highest BCUT2D eigenvalue weighted by Gasteiger charge is 2.05.